The summed E-state index contributed by atoms with van der Waals surface area (Å²) in [7, 11) is 0. The van der Waals surface area contributed by atoms with Crippen LogP contribution < -0.4 is 4.74 Å². The van der Waals surface area contributed by atoms with Crippen molar-refractivity contribution in [2.75, 3.05) is 0 Å². The van der Waals surface area contributed by atoms with E-state index in [1.54, 1.807) is 22.9 Å². The van der Waals surface area contributed by atoms with Gasteiger partial charge in [-0.05, 0) is 36.8 Å². The van der Waals surface area contributed by atoms with Crippen molar-refractivity contribution in [1.82, 2.24) is 14.4 Å². The molecule has 0 amide bonds. The Morgan fingerprint density at radius 1 is 1.07 bits per heavy atom. The first-order chi connectivity index (χ1) is 13.5. The number of carbonyl (C=O) groups excluding carboxylic acids is 1. The predicted molar refractivity (Wildman–Crippen MR) is 105 cm³/mol. The Balaban J connectivity index is 1.72. The van der Waals surface area contributed by atoms with Crippen LogP contribution in [0.5, 0.6) is 5.75 Å². The molecule has 3 aromatic heterocycles. The zero-order valence-electron chi connectivity index (χ0n) is 15.2. The average Bonchev–Trinajstić information content (AvgIpc) is 2.94. The van der Waals surface area contributed by atoms with E-state index < -0.39 is 5.97 Å². The minimum atomic E-state index is -0.411. The van der Waals surface area contributed by atoms with Gasteiger partial charge in [0.1, 0.15) is 12.1 Å². The van der Waals surface area contributed by atoms with E-state index in [2.05, 4.69) is 9.97 Å². The molecule has 0 bridgehead atoms. The first kappa shape index (κ1) is 18.2. The van der Waals surface area contributed by atoms with Crippen molar-refractivity contribution in [2.24, 2.45) is 0 Å². The highest BCUT2D eigenvalue weighted by Crippen LogP contribution is 2.40. The van der Waals surface area contributed by atoms with Gasteiger partial charge in [-0.3, -0.25) is 4.79 Å². The first-order valence-corrected chi connectivity index (χ1v) is 9.36. The molecule has 1 aromatic carbocycles. The van der Waals surface area contributed by atoms with Gasteiger partial charge in [-0.15, -0.1) is 0 Å². The third-order valence-corrected chi connectivity index (χ3v) is 5.44. The van der Waals surface area contributed by atoms with Crippen LogP contribution in [0.15, 0.2) is 71.2 Å². The molecule has 0 N–H and O–H groups in total. The molecule has 140 valence electrons. The number of aromatic nitrogens is 3. The lowest BCUT2D eigenvalue weighted by atomic mass is 10.1. The maximum atomic E-state index is 13.8. The zero-order valence-corrected chi connectivity index (χ0v) is 16.0. The molecule has 0 fully saturated rings. The maximum absolute atomic E-state index is 13.8. The van der Waals surface area contributed by atoms with Gasteiger partial charge in [0.25, 0.3) is 0 Å². The highest BCUT2D eigenvalue weighted by atomic mass is 32.2. The van der Waals surface area contributed by atoms with Gasteiger partial charge in [-0.1, -0.05) is 23.9 Å². The molecule has 0 saturated carbocycles. The van der Waals surface area contributed by atoms with E-state index >= 15 is 0 Å². The second-order valence-corrected chi connectivity index (χ2v) is 7.27. The van der Waals surface area contributed by atoms with Gasteiger partial charge in [-0.25, -0.2) is 14.4 Å². The van der Waals surface area contributed by atoms with Gasteiger partial charge in [-0.2, -0.15) is 0 Å². The molecule has 0 radical (unpaired) electrons. The van der Waals surface area contributed by atoms with Crippen LogP contribution in [-0.4, -0.2) is 20.3 Å². The van der Waals surface area contributed by atoms with E-state index in [1.807, 2.05) is 31.2 Å². The lowest BCUT2D eigenvalue weighted by molar-refractivity contribution is -0.131. The topological polar surface area (TPSA) is 56.5 Å². The molecule has 5 nitrogen and oxygen atoms in total. The van der Waals surface area contributed by atoms with Crippen molar-refractivity contribution >= 4 is 23.2 Å². The van der Waals surface area contributed by atoms with Gasteiger partial charge in [0, 0.05) is 41.5 Å². The highest BCUT2D eigenvalue weighted by molar-refractivity contribution is 7.99. The largest absolute Gasteiger partial charge is 0.424 e. The van der Waals surface area contributed by atoms with Crippen molar-refractivity contribution in [3.63, 3.8) is 0 Å². The van der Waals surface area contributed by atoms with Crippen LogP contribution in [0.4, 0.5) is 4.39 Å². The van der Waals surface area contributed by atoms with E-state index in [0.29, 0.717) is 11.3 Å². The number of pyridine rings is 1. The Bertz CT molecular complexity index is 1160. The Hall–Kier alpha value is -3.19. The SMILES string of the molecule is CC(=O)Oc1c(C)c(Sc2ccc(-c3cncnc3)cc2)n2cc(F)ccc12. The molecule has 4 aromatic rings. The highest BCUT2D eigenvalue weighted by Gasteiger charge is 2.19. The number of halogens is 1. The Morgan fingerprint density at radius 3 is 2.46 bits per heavy atom. The smallest absolute Gasteiger partial charge is 0.308 e. The number of nitrogens with zero attached hydrogens (tertiary/aromatic N) is 3. The minimum Gasteiger partial charge on any atom is -0.424 e. The van der Waals surface area contributed by atoms with Crippen molar-refractivity contribution in [3.05, 3.63) is 72.7 Å². The zero-order chi connectivity index (χ0) is 19.7. The number of rotatable bonds is 4. The molecule has 28 heavy (non-hydrogen) atoms. The fourth-order valence-electron chi connectivity index (χ4n) is 2.97. The van der Waals surface area contributed by atoms with Crippen LogP contribution in [0.3, 0.4) is 0 Å². The lowest BCUT2D eigenvalue weighted by Gasteiger charge is -2.06. The Morgan fingerprint density at radius 2 is 1.79 bits per heavy atom. The van der Waals surface area contributed by atoms with E-state index in [1.165, 1.54) is 37.3 Å². The number of hydrogen-bond donors (Lipinski definition) is 0. The van der Waals surface area contributed by atoms with Crippen LogP contribution in [0.1, 0.15) is 12.5 Å². The average molecular weight is 393 g/mol. The summed E-state index contributed by atoms with van der Waals surface area (Å²) in [5, 5.41) is 0.793. The number of carbonyl (C=O) groups is 1. The molecule has 0 spiro atoms. The summed E-state index contributed by atoms with van der Waals surface area (Å²) < 4.78 is 20.9. The molecule has 0 saturated heterocycles. The molecular formula is C21H16FN3O2S. The monoisotopic (exact) mass is 393 g/mol. The predicted octanol–water partition coefficient (Wildman–Crippen LogP) is 4.92. The summed E-state index contributed by atoms with van der Waals surface area (Å²) in [5.41, 5.74) is 3.37. The van der Waals surface area contributed by atoms with Crippen molar-refractivity contribution in [1.29, 1.82) is 0 Å². The molecule has 0 aliphatic heterocycles. The number of esters is 1. The van der Waals surface area contributed by atoms with Crippen LogP contribution in [0.25, 0.3) is 16.6 Å². The van der Waals surface area contributed by atoms with Gasteiger partial charge in [0.15, 0.2) is 5.75 Å². The summed E-state index contributed by atoms with van der Waals surface area (Å²) in [6.07, 6.45) is 6.41. The standard InChI is InChI=1S/C21H16FN3O2S/c1-13-20(27-14(2)26)19-8-5-17(22)11-25(19)21(13)28-18-6-3-15(4-7-18)16-9-23-12-24-10-16/h3-12H,1-2H3. The van der Waals surface area contributed by atoms with E-state index in [9.17, 15) is 9.18 Å². The van der Waals surface area contributed by atoms with E-state index in [4.69, 9.17) is 4.74 Å². The summed E-state index contributed by atoms with van der Waals surface area (Å²) in [6.45, 7) is 3.21. The summed E-state index contributed by atoms with van der Waals surface area (Å²) in [5.74, 6) is -0.322. The minimum absolute atomic E-state index is 0.363. The lowest BCUT2D eigenvalue weighted by Crippen LogP contribution is -2.01. The number of ether oxygens (including phenoxy) is 1. The first-order valence-electron chi connectivity index (χ1n) is 8.55. The number of hydrogen-bond acceptors (Lipinski definition) is 5. The van der Waals surface area contributed by atoms with Crippen molar-refractivity contribution < 1.29 is 13.9 Å². The summed E-state index contributed by atoms with van der Waals surface area (Å²) in [4.78, 5) is 20.5. The molecule has 0 aliphatic carbocycles. The molecule has 0 unspecified atom stereocenters. The van der Waals surface area contributed by atoms with Gasteiger partial charge in [0.05, 0.1) is 10.5 Å². The number of benzene rings is 1. The summed E-state index contributed by atoms with van der Waals surface area (Å²) >= 11 is 1.48. The maximum Gasteiger partial charge on any atom is 0.308 e. The second-order valence-electron chi connectivity index (χ2n) is 6.21. The van der Waals surface area contributed by atoms with E-state index in [-0.39, 0.29) is 5.82 Å². The van der Waals surface area contributed by atoms with Gasteiger partial charge < -0.3 is 9.14 Å². The second kappa shape index (κ2) is 7.44. The molecule has 3 heterocycles. The Labute approximate surface area is 165 Å². The van der Waals surface area contributed by atoms with Crippen LogP contribution >= 0.6 is 11.8 Å². The third-order valence-electron chi connectivity index (χ3n) is 4.23. The Kier molecular flexibility index (Phi) is 4.83. The van der Waals surface area contributed by atoms with Crippen molar-refractivity contribution in [2.45, 2.75) is 23.8 Å². The van der Waals surface area contributed by atoms with Crippen LogP contribution in [0.2, 0.25) is 0 Å². The molecular weight excluding hydrogens is 377 g/mol. The van der Waals surface area contributed by atoms with Gasteiger partial charge >= 0.3 is 5.97 Å². The molecule has 0 atom stereocenters. The number of fused-ring (bicyclic) bond motifs is 1. The van der Waals surface area contributed by atoms with E-state index in [0.717, 1.165) is 26.6 Å². The summed E-state index contributed by atoms with van der Waals surface area (Å²) in [6, 6.07) is 10.9. The third kappa shape index (κ3) is 3.48. The fraction of sp³-hybridized carbons (Fsp3) is 0.0952. The fourth-order valence-corrected chi connectivity index (χ4v) is 3.96. The molecule has 7 heteroatoms. The van der Waals surface area contributed by atoms with Gasteiger partial charge in [0.2, 0.25) is 0 Å². The van der Waals surface area contributed by atoms with Crippen molar-refractivity contribution in [3.8, 4) is 16.9 Å². The molecule has 0 aliphatic rings. The van der Waals surface area contributed by atoms with Crippen LogP contribution in [0, 0.1) is 12.7 Å². The van der Waals surface area contributed by atoms with Crippen LogP contribution in [-0.2, 0) is 4.79 Å². The molecule has 4 rings (SSSR count). The quantitative estimate of drug-likeness (QED) is 0.461. The normalized spacial score (nSPS) is 11.0.